The zero-order valence-electron chi connectivity index (χ0n) is 10.1. The van der Waals surface area contributed by atoms with E-state index in [2.05, 4.69) is 4.74 Å². The van der Waals surface area contributed by atoms with Gasteiger partial charge in [-0.15, -0.1) is 0 Å². The van der Waals surface area contributed by atoms with E-state index in [1.54, 1.807) is 0 Å². The molecule has 0 aromatic heterocycles. The molecule has 0 fully saturated rings. The van der Waals surface area contributed by atoms with Crippen LogP contribution in [0.3, 0.4) is 0 Å². The highest BCUT2D eigenvalue weighted by molar-refractivity contribution is 6.30. The van der Waals surface area contributed by atoms with Crippen molar-refractivity contribution < 1.29 is 14.6 Å². The Balaban J connectivity index is 2.10. The van der Waals surface area contributed by atoms with Crippen molar-refractivity contribution in [3.63, 3.8) is 0 Å². The zero-order chi connectivity index (χ0) is 13.1. The molecule has 1 aromatic rings. The third-order valence-electron chi connectivity index (χ3n) is 3.27. The number of benzene rings is 1. The first-order chi connectivity index (χ1) is 8.61. The summed E-state index contributed by atoms with van der Waals surface area (Å²) < 4.78 is 4.64. The fraction of sp³-hybridized carbons (Fsp3) is 0.357. The van der Waals surface area contributed by atoms with Crippen LogP contribution in [0.4, 0.5) is 0 Å². The summed E-state index contributed by atoms with van der Waals surface area (Å²) in [7, 11) is 1.33. The third kappa shape index (κ3) is 2.67. The molecule has 0 saturated carbocycles. The number of carbonyl (C=O) groups is 1. The molecule has 96 valence electrons. The first kappa shape index (κ1) is 13.0. The summed E-state index contributed by atoms with van der Waals surface area (Å²) in [4.78, 5) is 11.4. The Morgan fingerprint density at radius 3 is 2.72 bits per heavy atom. The van der Waals surface area contributed by atoms with Gasteiger partial charge in [-0.05, 0) is 37.0 Å². The van der Waals surface area contributed by atoms with Gasteiger partial charge >= 0.3 is 5.97 Å². The molecule has 0 amide bonds. The van der Waals surface area contributed by atoms with Crippen LogP contribution in [0, 0.1) is 5.92 Å². The molecule has 0 spiro atoms. The van der Waals surface area contributed by atoms with Crippen molar-refractivity contribution in [2.24, 2.45) is 5.92 Å². The minimum Gasteiger partial charge on any atom is -0.511 e. The Morgan fingerprint density at radius 1 is 1.44 bits per heavy atom. The lowest BCUT2D eigenvalue weighted by molar-refractivity contribution is -0.136. The quantitative estimate of drug-likeness (QED) is 0.854. The van der Waals surface area contributed by atoms with Crippen LogP contribution in [0.15, 0.2) is 35.6 Å². The van der Waals surface area contributed by atoms with E-state index in [4.69, 9.17) is 11.6 Å². The van der Waals surface area contributed by atoms with Crippen LogP contribution in [0.1, 0.15) is 18.4 Å². The number of esters is 1. The van der Waals surface area contributed by atoms with E-state index < -0.39 is 5.97 Å². The number of halogens is 1. The van der Waals surface area contributed by atoms with Gasteiger partial charge in [0.2, 0.25) is 0 Å². The monoisotopic (exact) mass is 266 g/mol. The highest BCUT2D eigenvalue weighted by Gasteiger charge is 2.29. The van der Waals surface area contributed by atoms with E-state index in [0.717, 1.165) is 12.0 Å². The first-order valence-corrected chi connectivity index (χ1v) is 6.24. The van der Waals surface area contributed by atoms with Crippen LogP contribution in [0.25, 0.3) is 0 Å². The highest BCUT2D eigenvalue weighted by atomic mass is 35.5. The highest BCUT2D eigenvalue weighted by Crippen LogP contribution is 2.33. The fourth-order valence-electron chi connectivity index (χ4n) is 2.26. The van der Waals surface area contributed by atoms with Crippen LogP contribution < -0.4 is 0 Å². The van der Waals surface area contributed by atoms with E-state index >= 15 is 0 Å². The predicted molar refractivity (Wildman–Crippen MR) is 69.6 cm³/mol. The SMILES string of the molecule is COC(=O)C1=C(O)C(Cc2ccc(Cl)cc2)CC1. The van der Waals surface area contributed by atoms with Crippen molar-refractivity contribution in [3.05, 3.63) is 46.2 Å². The summed E-state index contributed by atoms with van der Waals surface area (Å²) >= 11 is 5.82. The summed E-state index contributed by atoms with van der Waals surface area (Å²) in [6.07, 6.45) is 2.07. The molecule has 0 saturated heterocycles. The topological polar surface area (TPSA) is 46.5 Å². The second-order valence-corrected chi connectivity index (χ2v) is 4.86. The molecule has 1 atom stereocenters. The average molecular weight is 267 g/mol. The average Bonchev–Trinajstić information content (AvgIpc) is 2.73. The lowest BCUT2D eigenvalue weighted by atomic mass is 9.98. The van der Waals surface area contributed by atoms with Crippen molar-refractivity contribution in [3.8, 4) is 0 Å². The number of aliphatic hydroxyl groups is 1. The van der Waals surface area contributed by atoms with E-state index in [9.17, 15) is 9.90 Å². The molecule has 4 heteroatoms. The first-order valence-electron chi connectivity index (χ1n) is 5.86. The Kier molecular flexibility index (Phi) is 3.92. The summed E-state index contributed by atoms with van der Waals surface area (Å²) in [5.74, 6) is -0.247. The zero-order valence-corrected chi connectivity index (χ0v) is 10.9. The van der Waals surface area contributed by atoms with Crippen LogP contribution >= 0.6 is 11.6 Å². The molecule has 1 aliphatic carbocycles. The van der Waals surface area contributed by atoms with Crippen molar-refractivity contribution in [1.82, 2.24) is 0 Å². The molecular formula is C14H15ClO3. The molecule has 0 radical (unpaired) electrons. The molecule has 0 heterocycles. The smallest absolute Gasteiger partial charge is 0.337 e. The van der Waals surface area contributed by atoms with E-state index in [0.29, 0.717) is 23.4 Å². The molecule has 1 aliphatic rings. The minimum absolute atomic E-state index is 0.000255. The van der Waals surface area contributed by atoms with E-state index in [1.165, 1.54) is 7.11 Å². The van der Waals surface area contributed by atoms with Gasteiger partial charge in [-0.2, -0.15) is 0 Å². The second kappa shape index (κ2) is 5.44. The number of hydrogen-bond donors (Lipinski definition) is 1. The molecule has 1 aromatic carbocycles. The normalized spacial score (nSPS) is 19.1. The van der Waals surface area contributed by atoms with Gasteiger partial charge in [-0.25, -0.2) is 4.79 Å². The minimum atomic E-state index is -0.425. The molecule has 2 rings (SSSR count). The number of carbonyl (C=O) groups excluding carboxylic acids is 1. The summed E-state index contributed by atoms with van der Waals surface area (Å²) in [6, 6.07) is 7.53. The van der Waals surface area contributed by atoms with Gasteiger partial charge < -0.3 is 9.84 Å². The van der Waals surface area contributed by atoms with Gasteiger partial charge in [0.05, 0.1) is 12.7 Å². The van der Waals surface area contributed by atoms with Gasteiger partial charge in [0, 0.05) is 10.9 Å². The Morgan fingerprint density at radius 2 is 2.11 bits per heavy atom. The maximum Gasteiger partial charge on any atom is 0.337 e. The van der Waals surface area contributed by atoms with Gasteiger partial charge in [0.25, 0.3) is 0 Å². The van der Waals surface area contributed by atoms with Crippen LogP contribution in [0.5, 0.6) is 0 Å². The molecule has 0 bridgehead atoms. The Hall–Kier alpha value is -1.48. The van der Waals surface area contributed by atoms with Crippen LogP contribution in [0.2, 0.25) is 5.02 Å². The molecule has 1 N–H and O–H groups in total. The molecule has 1 unspecified atom stereocenters. The van der Waals surface area contributed by atoms with Crippen molar-refractivity contribution >= 4 is 17.6 Å². The van der Waals surface area contributed by atoms with Gasteiger partial charge in [-0.1, -0.05) is 23.7 Å². The molecular weight excluding hydrogens is 252 g/mol. The van der Waals surface area contributed by atoms with Crippen LogP contribution in [-0.2, 0) is 16.0 Å². The standard InChI is InChI=1S/C14H15ClO3/c1-18-14(17)12-7-4-10(13(12)16)8-9-2-5-11(15)6-3-9/h2-3,5-6,10,16H,4,7-8H2,1H3. The van der Waals surface area contributed by atoms with Crippen molar-refractivity contribution in [2.45, 2.75) is 19.3 Å². The number of allylic oxidation sites excluding steroid dienone is 1. The Labute approximate surface area is 111 Å². The largest absolute Gasteiger partial charge is 0.511 e. The van der Waals surface area contributed by atoms with Crippen molar-refractivity contribution in [2.75, 3.05) is 7.11 Å². The molecule has 18 heavy (non-hydrogen) atoms. The lowest BCUT2D eigenvalue weighted by Gasteiger charge is -2.10. The fourth-order valence-corrected chi connectivity index (χ4v) is 2.39. The summed E-state index contributed by atoms with van der Waals surface area (Å²) in [5.41, 5.74) is 1.51. The molecule has 0 aliphatic heterocycles. The number of ether oxygens (including phenoxy) is 1. The maximum atomic E-state index is 11.4. The second-order valence-electron chi connectivity index (χ2n) is 4.42. The number of aliphatic hydroxyl groups excluding tert-OH is 1. The number of hydrogen-bond acceptors (Lipinski definition) is 3. The summed E-state index contributed by atoms with van der Waals surface area (Å²) in [6.45, 7) is 0. The van der Waals surface area contributed by atoms with Crippen molar-refractivity contribution in [1.29, 1.82) is 0 Å². The van der Waals surface area contributed by atoms with E-state index in [1.807, 2.05) is 24.3 Å². The summed E-state index contributed by atoms with van der Waals surface area (Å²) in [5, 5.41) is 10.7. The van der Waals surface area contributed by atoms with Gasteiger partial charge in [0.1, 0.15) is 5.76 Å². The van der Waals surface area contributed by atoms with Crippen LogP contribution in [-0.4, -0.2) is 18.2 Å². The molecule has 3 nitrogen and oxygen atoms in total. The maximum absolute atomic E-state index is 11.4. The third-order valence-corrected chi connectivity index (χ3v) is 3.52. The van der Waals surface area contributed by atoms with Gasteiger partial charge in [-0.3, -0.25) is 0 Å². The van der Waals surface area contributed by atoms with E-state index in [-0.39, 0.29) is 11.7 Å². The van der Waals surface area contributed by atoms with Gasteiger partial charge in [0.15, 0.2) is 0 Å². The number of methoxy groups -OCH3 is 1. The number of rotatable bonds is 3. The predicted octanol–water partition coefficient (Wildman–Crippen LogP) is 3.28. The lowest BCUT2D eigenvalue weighted by Crippen LogP contribution is -2.07. The Bertz CT molecular complexity index is 476.